The van der Waals surface area contributed by atoms with Gasteiger partial charge in [0.1, 0.15) is 11.5 Å². The first kappa shape index (κ1) is 13.4. The third-order valence-electron chi connectivity index (χ3n) is 3.10. The van der Waals surface area contributed by atoms with Crippen molar-refractivity contribution in [3.05, 3.63) is 30.2 Å². The lowest BCUT2D eigenvalue weighted by atomic mass is 10.1. The Labute approximate surface area is 113 Å². The lowest BCUT2D eigenvalue weighted by molar-refractivity contribution is 0.395. The summed E-state index contributed by atoms with van der Waals surface area (Å²) in [7, 11) is 5.25. The fourth-order valence-electron chi connectivity index (χ4n) is 2.11. The summed E-state index contributed by atoms with van der Waals surface area (Å²) in [4.78, 5) is 4.46. The van der Waals surface area contributed by atoms with E-state index in [1.807, 2.05) is 29.8 Å². The Bertz CT molecular complexity index is 564. The van der Waals surface area contributed by atoms with Crippen LogP contribution in [0.2, 0.25) is 0 Å². The Hall–Kier alpha value is -2.01. The molecule has 2 aromatic rings. The number of nitrogens with zero attached hydrogens (tertiary/aromatic N) is 2. The van der Waals surface area contributed by atoms with Crippen LogP contribution in [0.1, 0.15) is 5.69 Å². The van der Waals surface area contributed by atoms with Gasteiger partial charge in [-0.15, -0.1) is 0 Å². The van der Waals surface area contributed by atoms with Gasteiger partial charge in [0.15, 0.2) is 0 Å². The van der Waals surface area contributed by atoms with Crippen molar-refractivity contribution >= 4 is 0 Å². The molecule has 0 aliphatic heterocycles. The van der Waals surface area contributed by atoms with E-state index in [2.05, 4.69) is 4.98 Å². The van der Waals surface area contributed by atoms with E-state index >= 15 is 0 Å². The lowest BCUT2D eigenvalue weighted by Crippen LogP contribution is -2.07. The van der Waals surface area contributed by atoms with Gasteiger partial charge in [-0.2, -0.15) is 0 Å². The molecule has 0 spiro atoms. The second-order valence-corrected chi connectivity index (χ2v) is 4.26. The SMILES string of the molecule is COc1ccc(-c2ncn(C)c2CCN)c(OC)c1. The Morgan fingerprint density at radius 3 is 2.68 bits per heavy atom. The van der Waals surface area contributed by atoms with Crippen molar-refractivity contribution in [2.24, 2.45) is 12.8 Å². The van der Waals surface area contributed by atoms with Gasteiger partial charge in [0, 0.05) is 30.8 Å². The molecule has 102 valence electrons. The number of benzene rings is 1. The highest BCUT2D eigenvalue weighted by Crippen LogP contribution is 2.34. The Morgan fingerprint density at radius 2 is 2.05 bits per heavy atom. The number of ether oxygens (including phenoxy) is 2. The fraction of sp³-hybridized carbons (Fsp3) is 0.357. The maximum Gasteiger partial charge on any atom is 0.132 e. The summed E-state index contributed by atoms with van der Waals surface area (Å²) in [6.07, 6.45) is 2.57. The molecule has 5 heteroatoms. The van der Waals surface area contributed by atoms with Crippen LogP contribution in [-0.2, 0) is 13.5 Å². The first-order chi connectivity index (χ1) is 9.21. The van der Waals surface area contributed by atoms with Crippen molar-refractivity contribution in [1.29, 1.82) is 0 Å². The Balaban J connectivity index is 2.52. The molecule has 2 N–H and O–H groups in total. The monoisotopic (exact) mass is 261 g/mol. The summed E-state index contributed by atoms with van der Waals surface area (Å²) in [5, 5.41) is 0. The van der Waals surface area contributed by atoms with Crippen molar-refractivity contribution in [1.82, 2.24) is 9.55 Å². The van der Waals surface area contributed by atoms with Crippen LogP contribution in [0.4, 0.5) is 0 Å². The number of imidazole rings is 1. The zero-order valence-corrected chi connectivity index (χ0v) is 11.5. The highest BCUT2D eigenvalue weighted by molar-refractivity contribution is 5.70. The van der Waals surface area contributed by atoms with Gasteiger partial charge in [-0.1, -0.05) is 0 Å². The van der Waals surface area contributed by atoms with Crippen LogP contribution in [0.25, 0.3) is 11.3 Å². The maximum absolute atomic E-state index is 5.66. The van der Waals surface area contributed by atoms with E-state index in [1.165, 1.54) is 0 Å². The predicted octanol–water partition coefficient (Wildman–Crippen LogP) is 1.61. The standard InChI is InChI=1S/C14H19N3O2/c1-17-9-16-14(12(17)6-7-15)11-5-4-10(18-2)8-13(11)19-3/h4-5,8-9H,6-7,15H2,1-3H3. The molecule has 5 nitrogen and oxygen atoms in total. The number of nitrogens with two attached hydrogens (primary N) is 1. The van der Waals surface area contributed by atoms with Gasteiger partial charge in [0.2, 0.25) is 0 Å². The second-order valence-electron chi connectivity index (χ2n) is 4.26. The fourth-order valence-corrected chi connectivity index (χ4v) is 2.11. The zero-order valence-electron chi connectivity index (χ0n) is 11.5. The predicted molar refractivity (Wildman–Crippen MR) is 74.5 cm³/mol. The van der Waals surface area contributed by atoms with Crippen LogP contribution in [0.15, 0.2) is 24.5 Å². The van der Waals surface area contributed by atoms with Crippen molar-refractivity contribution in [2.75, 3.05) is 20.8 Å². The van der Waals surface area contributed by atoms with Crippen molar-refractivity contribution < 1.29 is 9.47 Å². The molecule has 0 bridgehead atoms. The number of rotatable bonds is 5. The quantitative estimate of drug-likeness (QED) is 0.888. The number of methoxy groups -OCH3 is 2. The summed E-state index contributed by atoms with van der Waals surface area (Å²) in [5.74, 6) is 1.51. The molecular weight excluding hydrogens is 242 g/mol. The summed E-state index contributed by atoms with van der Waals surface area (Å²) in [5.41, 5.74) is 8.62. The van der Waals surface area contributed by atoms with Crippen LogP contribution in [0, 0.1) is 0 Å². The summed E-state index contributed by atoms with van der Waals surface area (Å²) in [6.45, 7) is 0.588. The Morgan fingerprint density at radius 1 is 1.26 bits per heavy atom. The van der Waals surface area contributed by atoms with E-state index in [0.29, 0.717) is 6.54 Å². The van der Waals surface area contributed by atoms with Crippen LogP contribution >= 0.6 is 0 Å². The zero-order chi connectivity index (χ0) is 13.8. The summed E-state index contributed by atoms with van der Waals surface area (Å²) >= 11 is 0. The minimum absolute atomic E-state index is 0.588. The molecule has 0 aliphatic rings. The van der Waals surface area contributed by atoms with E-state index in [9.17, 15) is 0 Å². The number of aryl methyl sites for hydroxylation is 1. The molecule has 0 atom stereocenters. The molecule has 0 fully saturated rings. The van der Waals surface area contributed by atoms with Crippen molar-refractivity contribution in [2.45, 2.75) is 6.42 Å². The molecule has 0 saturated carbocycles. The van der Waals surface area contributed by atoms with Gasteiger partial charge >= 0.3 is 0 Å². The average Bonchev–Trinajstić information content (AvgIpc) is 2.80. The van der Waals surface area contributed by atoms with Gasteiger partial charge in [-0.3, -0.25) is 0 Å². The minimum Gasteiger partial charge on any atom is -0.497 e. The Kier molecular flexibility index (Phi) is 4.06. The number of aromatic nitrogens is 2. The van der Waals surface area contributed by atoms with Crippen LogP contribution < -0.4 is 15.2 Å². The molecule has 0 amide bonds. The number of hydrogen-bond donors (Lipinski definition) is 1. The van der Waals surface area contributed by atoms with Gasteiger partial charge < -0.3 is 19.8 Å². The summed E-state index contributed by atoms with van der Waals surface area (Å²) in [6, 6.07) is 5.72. The topological polar surface area (TPSA) is 62.3 Å². The maximum atomic E-state index is 5.66. The van der Waals surface area contributed by atoms with Crippen LogP contribution in [-0.4, -0.2) is 30.3 Å². The molecule has 0 unspecified atom stereocenters. The van der Waals surface area contributed by atoms with Crippen molar-refractivity contribution in [3.63, 3.8) is 0 Å². The summed E-state index contributed by atoms with van der Waals surface area (Å²) < 4.78 is 12.6. The van der Waals surface area contributed by atoms with E-state index < -0.39 is 0 Å². The minimum atomic E-state index is 0.588. The van der Waals surface area contributed by atoms with E-state index in [-0.39, 0.29) is 0 Å². The molecule has 1 heterocycles. The molecule has 1 aromatic heterocycles. The third-order valence-corrected chi connectivity index (χ3v) is 3.10. The highest BCUT2D eigenvalue weighted by atomic mass is 16.5. The van der Waals surface area contributed by atoms with Crippen LogP contribution in [0.3, 0.4) is 0 Å². The van der Waals surface area contributed by atoms with Crippen LogP contribution in [0.5, 0.6) is 11.5 Å². The van der Waals surface area contributed by atoms with E-state index in [1.54, 1.807) is 20.5 Å². The molecule has 1 aromatic carbocycles. The lowest BCUT2D eigenvalue weighted by Gasteiger charge is -2.11. The molecule has 2 rings (SSSR count). The first-order valence-corrected chi connectivity index (χ1v) is 6.14. The van der Waals surface area contributed by atoms with Crippen molar-refractivity contribution in [3.8, 4) is 22.8 Å². The normalized spacial score (nSPS) is 10.5. The molecule has 19 heavy (non-hydrogen) atoms. The molecule has 0 radical (unpaired) electrons. The molecular formula is C14H19N3O2. The van der Waals surface area contributed by atoms with Gasteiger partial charge in [-0.05, 0) is 18.7 Å². The first-order valence-electron chi connectivity index (χ1n) is 6.14. The third kappa shape index (κ3) is 2.56. The highest BCUT2D eigenvalue weighted by Gasteiger charge is 2.15. The molecule has 0 aliphatic carbocycles. The molecule has 0 saturated heterocycles. The number of hydrogen-bond acceptors (Lipinski definition) is 4. The van der Waals surface area contributed by atoms with E-state index in [0.717, 1.165) is 34.9 Å². The van der Waals surface area contributed by atoms with Gasteiger partial charge in [0.05, 0.1) is 26.2 Å². The largest absolute Gasteiger partial charge is 0.497 e. The van der Waals surface area contributed by atoms with E-state index in [4.69, 9.17) is 15.2 Å². The van der Waals surface area contributed by atoms with Gasteiger partial charge in [-0.25, -0.2) is 4.98 Å². The van der Waals surface area contributed by atoms with Gasteiger partial charge in [0.25, 0.3) is 0 Å². The second kappa shape index (κ2) is 5.75. The average molecular weight is 261 g/mol. The smallest absolute Gasteiger partial charge is 0.132 e.